The fourth-order valence-corrected chi connectivity index (χ4v) is 4.44. The molecule has 3 unspecified atom stereocenters. The van der Waals surface area contributed by atoms with Crippen LogP contribution in [0.3, 0.4) is 0 Å². The summed E-state index contributed by atoms with van der Waals surface area (Å²) in [5.41, 5.74) is 2.32. The first-order valence-corrected chi connectivity index (χ1v) is 7.45. The van der Waals surface area contributed by atoms with E-state index in [-0.39, 0.29) is 0 Å². The van der Waals surface area contributed by atoms with Crippen LogP contribution in [0.2, 0.25) is 0 Å². The monoisotopic (exact) mass is 274 g/mol. The quantitative estimate of drug-likeness (QED) is 0.837. The fourth-order valence-electron chi connectivity index (χ4n) is 4.09. The van der Waals surface area contributed by atoms with E-state index >= 15 is 0 Å². The Bertz CT molecular complexity index is 687. The molecular weight excluding hydrogens is 256 g/mol. The van der Waals surface area contributed by atoms with Crippen LogP contribution in [0.25, 0.3) is 11.0 Å². The van der Waals surface area contributed by atoms with Crippen molar-refractivity contribution in [2.45, 2.75) is 31.7 Å². The van der Waals surface area contributed by atoms with Crippen LogP contribution in [-0.2, 0) is 0 Å². The smallest absolute Gasteiger partial charge is 0.178 e. The van der Waals surface area contributed by atoms with Gasteiger partial charge in [-0.3, -0.25) is 0 Å². The third kappa shape index (κ3) is 1.66. The number of nitrogens with zero attached hydrogens (tertiary/aromatic N) is 1. The zero-order valence-corrected chi connectivity index (χ0v) is 11.9. The molecule has 3 nitrogen and oxygen atoms in total. The summed E-state index contributed by atoms with van der Waals surface area (Å²) in [5, 5.41) is 0. The molecule has 0 aliphatic heterocycles. The Kier molecular flexibility index (Phi) is 2.49. The molecule has 1 aromatic carbocycles. The largest absolute Gasteiger partial charge is 0.497 e. The number of hydrogen-bond donors (Lipinski definition) is 1. The van der Waals surface area contributed by atoms with Gasteiger partial charge in [0.1, 0.15) is 5.75 Å². The topological polar surface area (TPSA) is 29.9 Å². The predicted molar refractivity (Wildman–Crippen MR) is 78.2 cm³/mol. The van der Waals surface area contributed by atoms with Crippen LogP contribution in [0.5, 0.6) is 5.75 Å². The number of benzene rings is 1. The van der Waals surface area contributed by atoms with Crippen LogP contribution >= 0.6 is 12.2 Å². The molecular formula is C15H18N2OS. The third-order valence-corrected chi connectivity index (χ3v) is 5.25. The van der Waals surface area contributed by atoms with Gasteiger partial charge in [-0.15, -0.1) is 0 Å². The Hall–Kier alpha value is -1.29. The number of imidazole rings is 1. The number of H-pyrrole nitrogens is 1. The van der Waals surface area contributed by atoms with Crippen LogP contribution in [-0.4, -0.2) is 16.7 Å². The average Bonchev–Trinajstić information content (AvgIpc) is 3.09. The molecule has 0 amide bonds. The van der Waals surface area contributed by atoms with Gasteiger partial charge in [-0.1, -0.05) is 6.42 Å². The Labute approximate surface area is 117 Å². The Morgan fingerprint density at radius 3 is 2.89 bits per heavy atom. The second kappa shape index (κ2) is 4.10. The van der Waals surface area contributed by atoms with Crippen molar-refractivity contribution in [1.29, 1.82) is 0 Å². The Morgan fingerprint density at radius 1 is 1.32 bits per heavy atom. The van der Waals surface area contributed by atoms with Gasteiger partial charge < -0.3 is 14.3 Å². The molecule has 19 heavy (non-hydrogen) atoms. The predicted octanol–water partition coefficient (Wildman–Crippen LogP) is 4.07. The molecule has 4 heteroatoms. The lowest BCUT2D eigenvalue weighted by atomic mass is 9.95. The first kappa shape index (κ1) is 11.5. The van der Waals surface area contributed by atoms with Gasteiger partial charge in [0.2, 0.25) is 0 Å². The summed E-state index contributed by atoms with van der Waals surface area (Å²) in [6.07, 6.45) is 5.50. The van der Waals surface area contributed by atoms with E-state index in [0.717, 1.165) is 27.9 Å². The van der Waals surface area contributed by atoms with Crippen molar-refractivity contribution in [3.05, 3.63) is 23.0 Å². The molecule has 2 fully saturated rings. The minimum absolute atomic E-state index is 0.605. The summed E-state index contributed by atoms with van der Waals surface area (Å²) in [7, 11) is 1.70. The molecule has 0 spiro atoms. The number of rotatable bonds is 2. The highest BCUT2D eigenvalue weighted by atomic mass is 32.1. The fraction of sp³-hybridized carbons (Fsp3) is 0.533. The summed E-state index contributed by atoms with van der Waals surface area (Å²) >= 11 is 5.55. The van der Waals surface area contributed by atoms with E-state index in [9.17, 15) is 0 Å². The summed E-state index contributed by atoms with van der Waals surface area (Å²) in [5.74, 6) is 2.64. The van der Waals surface area contributed by atoms with Gasteiger partial charge in [-0.25, -0.2) is 0 Å². The maximum atomic E-state index is 5.55. The van der Waals surface area contributed by atoms with Crippen LogP contribution in [0, 0.1) is 16.6 Å². The summed E-state index contributed by atoms with van der Waals surface area (Å²) in [4.78, 5) is 3.34. The van der Waals surface area contributed by atoms with E-state index in [4.69, 9.17) is 17.0 Å². The van der Waals surface area contributed by atoms with E-state index < -0.39 is 0 Å². The lowest BCUT2D eigenvalue weighted by Gasteiger charge is -2.23. The van der Waals surface area contributed by atoms with Crippen molar-refractivity contribution in [2.75, 3.05) is 7.11 Å². The van der Waals surface area contributed by atoms with Gasteiger partial charge in [-0.05, 0) is 55.4 Å². The van der Waals surface area contributed by atoms with E-state index in [1.807, 2.05) is 12.1 Å². The summed E-state index contributed by atoms with van der Waals surface area (Å²) in [6.45, 7) is 0. The standard InChI is InChI=1S/C15H18N2OS/c1-18-11-4-5-13-12(8-11)16-15(19)17(13)14-7-9-2-3-10(14)6-9/h4-5,8-10,14H,2-3,6-7H2,1H3,(H,16,19). The zero-order chi connectivity index (χ0) is 13.0. The van der Waals surface area contributed by atoms with Gasteiger partial charge in [0, 0.05) is 12.1 Å². The van der Waals surface area contributed by atoms with Crippen molar-refractivity contribution in [2.24, 2.45) is 11.8 Å². The van der Waals surface area contributed by atoms with Crippen molar-refractivity contribution in [3.63, 3.8) is 0 Å². The van der Waals surface area contributed by atoms with Crippen LogP contribution < -0.4 is 4.74 Å². The molecule has 2 bridgehead atoms. The van der Waals surface area contributed by atoms with E-state index in [0.29, 0.717) is 6.04 Å². The number of hydrogen-bond acceptors (Lipinski definition) is 2. The number of methoxy groups -OCH3 is 1. The summed E-state index contributed by atoms with van der Waals surface area (Å²) in [6, 6.07) is 6.80. The third-order valence-electron chi connectivity index (χ3n) is 4.96. The highest BCUT2D eigenvalue weighted by molar-refractivity contribution is 7.71. The van der Waals surface area contributed by atoms with Gasteiger partial charge in [0.25, 0.3) is 0 Å². The number of aromatic nitrogens is 2. The second-order valence-electron chi connectivity index (χ2n) is 5.93. The maximum absolute atomic E-state index is 5.55. The normalized spacial score (nSPS) is 29.2. The minimum Gasteiger partial charge on any atom is -0.497 e. The van der Waals surface area contributed by atoms with Crippen molar-refractivity contribution >= 4 is 23.3 Å². The SMILES string of the molecule is COc1ccc2c(c1)[nH]c(=S)n2C1CC2CCC1C2. The van der Waals surface area contributed by atoms with E-state index in [2.05, 4.69) is 15.6 Å². The minimum atomic E-state index is 0.605. The van der Waals surface area contributed by atoms with Crippen molar-refractivity contribution in [3.8, 4) is 5.75 Å². The molecule has 3 atom stereocenters. The Morgan fingerprint density at radius 2 is 2.21 bits per heavy atom. The van der Waals surface area contributed by atoms with E-state index in [1.54, 1.807) is 7.11 Å². The molecule has 100 valence electrons. The average molecular weight is 274 g/mol. The van der Waals surface area contributed by atoms with Gasteiger partial charge in [0.05, 0.1) is 18.1 Å². The lowest BCUT2D eigenvalue weighted by Crippen LogP contribution is -2.16. The van der Waals surface area contributed by atoms with Gasteiger partial charge in [0.15, 0.2) is 4.77 Å². The molecule has 2 saturated carbocycles. The number of aromatic amines is 1. The molecule has 0 radical (unpaired) electrons. The molecule has 1 aromatic heterocycles. The second-order valence-corrected chi connectivity index (χ2v) is 6.31. The molecule has 2 aliphatic rings. The first-order chi connectivity index (χ1) is 9.26. The number of fused-ring (bicyclic) bond motifs is 3. The van der Waals surface area contributed by atoms with E-state index in [1.165, 1.54) is 31.2 Å². The Balaban J connectivity index is 1.85. The molecule has 0 saturated heterocycles. The number of nitrogens with one attached hydrogen (secondary N) is 1. The highest BCUT2D eigenvalue weighted by Gasteiger charge is 2.41. The van der Waals surface area contributed by atoms with Crippen molar-refractivity contribution in [1.82, 2.24) is 9.55 Å². The van der Waals surface area contributed by atoms with Gasteiger partial charge in [-0.2, -0.15) is 0 Å². The maximum Gasteiger partial charge on any atom is 0.178 e. The number of ether oxygens (including phenoxy) is 1. The summed E-state index contributed by atoms with van der Waals surface area (Å²) < 4.78 is 8.50. The van der Waals surface area contributed by atoms with Gasteiger partial charge >= 0.3 is 0 Å². The molecule has 1 N–H and O–H groups in total. The van der Waals surface area contributed by atoms with Crippen LogP contribution in [0.1, 0.15) is 31.7 Å². The molecule has 4 rings (SSSR count). The molecule has 2 aromatic rings. The first-order valence-electron chi connectivity index (χ1n) is 7.04. The molecule has 2 aliphatic carbocycles. The molecule has 1 heterocycles. The van der Waals surface area contributed by atoms with Crippen LogP contribution in [0.4, 0.5) is 0 Å². The highest BCUT2D eigenvalue weighted by Crippen LogP contribution is 2.51. The lowest BCUT2D eigenvalue weighted by molar-refractivity contribution is 0.333. The van der Waals surface area contributed by atoms with Crippen LogP contribution in [0.15, 0.2) is 18.2 Å². The zero-order valence-electron chi connectivity index (χ0n) is 11.1. The van der Waals surface area contributed by atoms with Crippen molar-refractivity contribution < 1.29 is 4.74 Å².